The predicted octanol–water partition coefficient (Wildman–Crippen LogP) is 3.65. The Kier molecular flexibility index (Phi) is 7.53. The normalized spacial score (nSPS) is 10.8. The summed E-state index contributed by atoms with van der Waals surface area (Å²) >= 11 is 0. The average molecular weight is 405 g/mol. The molecule has 0 bridgehead atoms. The molecule has 152 valence electrons. The minimum atomic E-state index is -5.08. The van der Waals surface area contributed by atoms with Crippen LogP contribution in [-0.2, 0) is 4.79 Å². The Bertz CT molecular complexity index is 921. The smallest absolute Gasteiger partial charge is 0.475 e. The Labute approximate surface area is 164 Å². The molecule has 3 N–H and O–H groups in total. The lowest BCUT2D eigenvalue weighted by molar-refractivity contribution is -0.192. The van der Waals surface area contributed by atoms with E-state index in [1.807, 2.05) is 36.4 Å². The van der Waals surface area contributed by atoms with Crippen LogP contribution in [0.4, 0.5) is 19.0 Å². The molecule has 0 unspecified atom stereocenters. The number of nitrogens with one attached hydrogen (secondary N) is 2. The number of aliphatic carboxylic acids is 1. The monoisotopic (exact) mass is 405 g/mol. The van der Waals surface area contributed by atoms with Crippen LogP contribution < -0.4 is 10.9 Å². The third-order valence-electron chi connectivity index (χ3n) is 3.83. The third-order valence-corrected chi connectivity index (χ3v) is 3.83. The number of H-pyrrole nitrogens is 1. The summed E-state index contributed by atoms with van der Waals surface area (Å²) in [7, 11) is 0. The Balaban J connectivity index is 0.000000370. The second-order valence-electron chi connectivity index (χ2n) is 5.82. The quantitative estimate of drug-likeness (QED) is 0.602. The van der Waals surface area contributed by atoms with Crippen molar-refractivity contribution in [2.45, 2.75) is 12.1 Å². The molecule has 1 heterocycles. The van der Waals surface area contributed by atoms with Gasteiger partial charge in [0.15, 0.2) is 5.82 Å². The fourth-order valence-electron chi connectivity index (χ4n) is 2.48. The molecule has 3 rings (SSSR count). The van der Waals surface area contributed by atoms with Gasteiger partial charge in [0.1, 0.15) is 0 Å². The molecule has 6 nitrogen and oxygen atoms in total. The number of alkyl halides is 3. The third kappa shape index (κ3) is 6.80. The minimum Gasteiger partial charge on any atom is -0.475 e. The number of aromatic amines is 1. The van der Waals surface area contributed by atoms with Crippen molar-refractivity contribution in [3.05, 3.63) is 94.5 Å². The summed E-state index contributed by atoms with van der Waals surface area (Å²) in [6.07, 6.45) is -1.98. The molecule has 0 aliphatic heterocycles. The summed E-state index contributed by atoms with van der Waals surface area (Å²) in [6.45, 7) is 0.605. The van der Waals surface area contributed by atoms with Crippen molar-refractivity contribution in [3.63, 3.8) is 0 Å². The first-order valence-electron chi connectivity index (χ1n) is 8.46. The van der Waals surface area contributed by atoms with Crippen LogP contribution in [0.1, 0.15) is 17.0 Å². The number of nitrogens with zero attached hydrogens (tertiary/aromatic N) is 1. The molecule has 3 aromatic rings. The van der Waals surface area contributed by atoms with E-state index in [1.165, 1.54) is 17.3 Å². The van der Waals surface area contributed by atoms with E-state index in [4.69, 9.17) is 9.90 Å². The molecule has 0 aliphatic carbocycles. The van der Waals surface area contributed by atoms with E-state index in [1.54, 1.807) is 6.20 Å². The number of carboxylic acids is 1. The first-order chi connectivity index (χ1) is 13.8. The van der Waals surface area contributed by atoms with E-state index >= 15 is 0 Å². The van der Waals surface area contributed by atoms with Crippen LogP contribution in [0.2, 0.25) is 0 Å². The van der Waals surface area contributed by atoms with Gasteiger partial charge in [-0.3, -0.25) is 4.79 Å². The molecule has 0 fully saturated rings. The summed E-state index contributed by atoms with van der Waals surface area (Å²) in [5, 5.41) is 10.3. The molecular formula is C20H18F3N3O3. The van der Waals surface area contributed by atoms with Crippen molar-refractivity contribution in [2.75, 3.05) is 11.9 Å². The van der Waals surface area contributed by atoms with Gasteiger partial charge in [0.05, 0.1) is 0 Å². The maximum absolute atomic E-state index is 11.7. The predicted molar refractivity (Wildman–Crippen MR) is 102 cm³/mol. The SMILES string of the molecule is O=C(O)C(F)(F)F.O=c1[nH]ccnc1NCC(c1ccccc1)c1ccccc1. The van der Waals surface area contributed by atoms with Gasteiger partial charge in [-0.1, -0.05) is 60.7 Å². The molecule has 0 spiro atoms. The maximum Gasteiger partial charge on any atom is 0.490 e. The van der Waals surface area contributed by atoms with Crippen molar-refractivity contribution in [3.8, 4) is 0 Å². The lowest BCUT2D eigenvalue weighted by atomic mass is 9.91. The van der Waals surface area contributed by atoms with E-state index in [0.29, 0.717) is 12.4 Å². The van der Waals surface area contributed by atoms with Crippen LogP contribution in [0.5, 0.6) is 0 Å². The van der Waals surface area contributed by atoms with Gasteiger partial charge in [-0.05, 0) is 11.1 Å². The van der Waals surface area contributed by atoms with E-state index in [-0.39, 0.29) is 11.5 Å². The maximum atomic E-state index is 11.7. The zero-order chi connectivity index (χ0) is 21.3. The Morgan fingerprint density at radius 1 is 1.03 bits per heavy atom. The summed E-state index contributed by atoms with van der Waals surface area (Å²) in [5.41, 5.74) is 2.20. The van der Waals surface area contributed by atoms with Gasteiger partial charge >= 0.3 is 12.1 Å². The lowest BCUT2D eigenvalue weighted by Crippen LogP contribution is -2.21. The van der Waals surface area contributed by atoms with Crippen molar-refractivity contribution in [1.82, 2.24) is 9.97 Å². The number of carbonyl (C=O) groups is 1. The molecular weight excluding hydrogens is 387 g/mol. The number of carboxylic acid groups (broad SMARTS) is 1. The number of hydrogen-bond donors (Lipinski definition) is 3. The number of rotatable bonds is 5. The number of halogens is 3. The zero-order valence-corrected chi connectivity index (χ0v) is 15.1. The highest BCUT2D eigenvalue weighted by Gasteiger charge is 2.38. The van der Waals surface area contributed by atoms with Crippen LogP contribution in [0.25, 0.3) is 0 Å². The highest BCUT2D eigenvalue weighted by Crippen LogP contribution is 2.24. The van der Waals surface area contributed by atoms with Gasteiger partial charge in [0, 0.05) is 24.9 Å². The number of benzene rings is 2. The van der Waals surface area contributed by atoms with Gasteiger partial charge in [-0.15, -0.1) is 0 Å². The molecule has 0 saturated carbocycles. The average Bonchev–Trinajstić information content (AvgIpc) is 2.71. The van der Waals surface area contributed by atoms with Gasteiger partial charge in [-0.2, -0.15) is 13.2 Å². The summed E-state index contributed by atoms with van der Waals surface area (Å²) < 4.78 is 31.7. The van der Waals surface area contributed by atoms with Crippen LogP contribution >= 0.6 is 0 Å². The first-order valence-corrected chi connectivity index (χ1v) is 8.46. The van der Waals surface area contributed by atoms with Gasteiger partial charge in [-0.25, -0.2) is 9.78 Å². The van der Waals surface area contributed by atoms with Crippen molar-refractivity contribution >= 4 is 11.8 Å². The zero-order valence-electron chi connectivity index (χ0n) is 15.1. The van der Waals surface area contributed by atoms with E-state index in [9.17, 15) is 18.0 Å². The van der Waals surface area contributed by atoms with Crippen LogP contribution in [0.15, 0.2) is 77.9 Å². The van der Waals surface area contributed by atoms with Crippen molar-refractivity contribution in [2.24, 2.45) is 0 Å². The molecule has 0 radical (unpaired) electrons. The van der Waals surface area contributed by atoms with Crippen LogP contribution in [0.3, 0.4) is 0 Å². The minimum absolute atomic E-state index is 0.156. The van der Waals surface area contributed by atoms with E-state index in [2.05, 4.69) is 39.6 Å². The Morgan fingerprint density at radius 2 is 1.52 bits per heavy atom. The van der Waals surface area contributed by atoms with Gasteiger partial charge in [0.25, 0.3) is 5.56 Å². The molecule has 1 aromatic heterocycles. The van der Waals surface area contributed by atoms with Gasteiger partial charge < -0.3 is 15.4 Å². The molecule has 0 atom stereocenters. The highest BCUT2D eigenvalue weighted by molar-refractivity contribution is 5.73. The number of aromatic nitrogens is 2. The van der Waals surface area contributed by atoms with Crippen LogP contribution in [-0.4, -0.2) is 33.8 Å². The van der Waals surface area contributed by atoms with E-state index in [0.717, 1.165) is 0 Å². The summed E-state index contributed by atoms with van der Waals surface area (Å²) in [4.78, 5) is 27.3. The summed E-state index contributed by atoms with van der Waals surface area (Å²) in [5.74, 6) is -2.25. The molecule has 0 saturated heterocycles. The fourth-order valence-corrected chi connectivity index (χ4v) is 2.48. The second kappa shape index (κ2) is 10.1. The Hall–Kier alpha value is -3.62. The second-order valence-corrected chi connectivity index (χ2v) is 5.82. The lowest BCUT2D eigenvalue weighted by Gasteiger charge is -2.18. The standard InChI is InChI=1S/C18H17N3O.C2HF3O2/c22-18-17(19-11-12-20-18)21-13-16(14-7-3-1-4-8-14)15-9-5-2-6-10-15;3-2(4,5)1(6)7/h1-12,16H,13H2,(H,19,21)(H,20,22);(H,6,7). The van der Waals surface area contributed by atoms with Crippen molar-refractivity contribution in [1.29, 1.82) is 0 Å². The molecule has 0 aliphatic rings. The Morgan fingerprint density at radius 3 is 1.93 bits per heavy atom. The molecule has 9 heteroatoms. The van der Waals surface area contributed by atoms with E-state index < -0.39 is 12.1 Å². The molecule has 29 heavy (non-hydrogen) atoms. The largest absolute Gasteiger partial charge is 0.490 e. The highest BCUT2D eigenvalue weighted by atomic mass is 19.4. The topological polar surface area (TPSA) is 95.1 Å². The number of anilines is 1. The van der Waals surface area contributed by atoms with Crippen molar-refractivity contribution < 1.29 is 23.1 Å². The van der Waals surface area contributed by atoms with Crippen LogP contribution in [0, 0.1) is 0 Å². The van der Waals surface area contributed by atoms with Gasteiger partial charge in [0.2, 0.25) is 0 Å². The molecule has 0 amide bonds. The summed E-state index contributed by atoms with van der Waals surface area (Å²) in [6, 6.07) is 20.5. The molecule has 2 aromatic carbocycles. The first kappa shape index (κ1) is 21.7. The fraction of sp³-hybridized carbons (Fsp3) is 0.150. The number of hydrogen-bond acceptors (Lipinski definition) is 4.